The van der Waals surface area contributed by atoms with Gasteiger partial charge in [-0.1, -0.05) is 36.4 Å². The van der Waals surface area contributed by atoms with Crippen LogP contribution in [-0.4, -0.2) is 35.4 Å². The maximum atomic E-state index is 13.5. The summed E-state index contributed by atoms with van der Waals surface area (Å²) < 4.78 is 5.44. The average Bonchev–Trinajstić information content (AvgIpc) is 2.77. The maximum Gasteiger partial charge on any atom is 0.254 e. The number of methoxy groups -OCH3 is 1. The third-order valence-electron chi connectivity index (χ3n) is 5.05. The quantitative estimate of drug-likeness (QED) is 0.674. The lowest BCUT2D eigenvalue weighted by atomic mass is 10.00. The predicted molar refractivity (Wildman–Crippen MR) is 109 cm³/mol. The highest BCUT2D eigenvalue weighted by Gasteiger charge is 2.41. The molecule has 6 nitrogen and oxygen atoms in total. The molecule has 0 aliphatic carbocycles. The average molecular weight is 387 g/mol. The summed E-state index contributed by atoms with van der Waals surface area (Å²) in [5.74, 6) is 0.421. The third-order valence-corrected chi connectivity index (χ3v) is 5.05. The summed E-state index contributed by atoms with van der Waals surface area (Å²) in [6.45, 7) is 0.282. The van der Waals surface area contributed by atoms with Crippen LogP contribution in [0, 0.1) is 0 Å². The number of ether oxygens (including phenoxy) is 1. The van der Waals surface area contributed by atoms with E-state index in [1.165, 1.54) is 0 Å². The zero-order chi connectivity index (χ0) is 20.2. The van der Waals surface area contributed by atoms with Crippen LogP contribution in [0.5, 0.6) is 5.75 Å². The van der Waals surface area contributed by atoms with Crippen LogP contribution in [0.3, 0.4) is 0 Å². The van der Waals surface area contributed by atoms with Gasteiger partial charge in [-0.3, -0.25) is 14.6 Å². The molecule has 1 fully saturated rings. The molecular formula is C23H21N3O3. The number of aromatic nitrogens is 1. The number of nitrogens with zero attached hydrogens (tertiary/aromatic N) is 3. The van der Waals surface area contributed by atoms with Gasteiger partial charge >= 0.3 is 0 Å². The summed E-state index contributed by atoms with van der Waals surface area (Å²) in [6.07, 6.45) is 3.27. The van der Waals surface area contributed by atoms with Crippen molar-refractivity contribution in [3.63, 3.8) is 0 Å². The monoisotopic (exact) mass is 387 g/mol. The SMILES string of the molecule is COc1ccccc1CN1C(=O)CN(c2ccccc2)C(=O)[C@@H]1c1ccncc1. The number of para-hydroxylation sites is 2. The summed E-state index contributed by atoms with van der Waals surface area (Å²) in [4.78, 5) is 33.9. The first-order valence-electron chi connectivity index (χ1n) is 9.37. The number of hydrogen-bond donors (Lipinski definition) is 0. The normalized spacial score (nSPS) is 16.8. The van der Waals surface area contributed by atoms with Gasteiger partial charge in [0.2, 0.25) is 5.91 Å². The molecule has 3 aromatic rings. The molecule has 146 valence electrons. The van der Waals surface area contributed by atoms with Crippen molar-refractivity contribution in [2.45, 2.75) is 12.6 Å². The molecule has 0 spiro atoms. The molecule has 0 unspecified atom stereocenters. The first kappa shape index (κ1) is 18.7. The molecule has 1 aromatic heterocycles. The molecule has 2 heterocycles. The fourth-order valence-electron chi connectivity index (χ4n) is 3.62. The molecule has 6 heteroatoms. The summed E-state index contributed by atoms with van der Waals surface area (Å²) in [6, 6.07) is 19.6. The van der Waals surface area contributed by atoms with Crippen molar-refractivity contribution < 1.29 is 14.3 Å². The van der Waals surface area contributed by atoms with Gasteiger partial charge in [0, 0.05) is 23.6 Å². The third kappa shape index (κ3) is 3.69. The van der Waals surface area contributed by atoms with Crippen molar-refractivity contribution in [1.82, 2.24) is 9.88 Å². The first-order chi connectivity index (χ1) is 14.2. The van der Waals surface area contributed by atoms with Crippen LogP contribution >= 0.6 is 0 Å². The Kier molecular flexibility index (Phi) is 5.24. The van der Waals surface area contributed by atoms with Crippen molar-refractivity contribution in [3.05, 3.63) is 90.3 Å². The number of amides is 2. The van der Waals surface area contributed by atoms with E-state index in [0.29, 0.717) is 11.4 Å². The van der Waals surface area contributed by atoms with E-state index in [1.807, 2.05) is 54.6 Å². The molecule has 1 atom stereocenters. The highest BCUT2D eigenvalue weighted by molar-refractivity contribution is 6.06. The number of pyridine rings is 1. The second-order valence-electron chi connectivity index (χ2n) is 6.78. The Morgan fingerprint density at radius 1 is 0.966 bits per heavy atom. The minimum absolute atomic E-state index is 0.000417. The van der Waals surface area contributed by atoms with E-state index in [0.717, 1.165) is 11.1 Å². The van der Waals surface area contributed by atoms with Crippen molar-refractivity contribution in [2.24, 2.45) is 0 Å². The first-order valence-corrected chi connectivity index (χ1v) is 9.37. The Bertz CT molecular complexity index is 1010. The molecule has 2 amide bonds. The Morgan fingerprint density at radius 2 is 1.66 bits per heavy atom. The van der Waals surface area contributed by atoms with Crippen LogP contribution in [0.1, 0.15) is 17.2 Å². The molecule has 29 heavy (non-hydrogen) atoms. The van der Waals surface area contributed by atoms with Gasteiger partial charge in [0.05, 0.1) is 13.7 Å². The number of carbonyl (C=O) groups excluding carboxylic acids is 2. The minimum Gasteiger partial charge on any atom is -0.496 e. The Labute approximate surface area is 169 Å². The van der Waals surface area contributed by atoms with Crippen molar-refractivity contribution in [3.8, 4) is 5.75 Å². The molecule has 0 radical (unpaired) electrons. The van der Waals surface area contributed by atoms with Crippen molar-refractivity contribution in [2.75, 3.05) is 18.6 Å². The summed E-state index contributed by atoms with van der Waals surface area (Å²) in [5, 5.41) is 0. The zero-order valence-corrected chi connectivity index (χ0v) is 16.1. The van der Waals surface area contributed by atoms with E-state index in [4.69, 9.17) is 4.74 Å². The number of anilines is 1. The molecule has 1 aliphatic heterocycles. The van der Waals surface area contributed by atoms with Gasteiger partial charge in [-0.05, 0) is 35.9 Å². The summed E-state index contributed by atoms with van der Waals surface area (Å²) >= 11 is 0. The molecule has 1 aliphatic rings. The lowest BCUT2D eigenvalue weighted by molar-refractivity contribution is -0.144. The number of hydrogen-bond acceptors (Lipinski definition) is 4. The fraction of sp³-hybridized carbons (Fsp3) is 0.174. The van der Waals surface area contributed by atoms with Crippen LogP contribution in [0.25, 0.3) is 0 Å². The molecule has 1 saturated heterocycles. The highest BCUT2D eigenvalue weighted by atomic mass is 16.5. The second kappa shape index (κ2) is 8.14. The van der Waals surface area contributed by atoms with E-state index in [2.05, 4.69) is 4.98 Å². The van der Waals surface area contributed by atoms with Crippen LogP contribution in [-0.2, 0) is 16.1 Å². The standard InChI is InChI=1S/C23H21N3O3/c1-29-20-10-6-5-7-18(20)15-26-21(27)16-25(19-8-3-2-4-9-19)23(28)22(26)17-11-13-24-14-12-17/h2-14,22H,15-16H2,1H3/t22-/m0/s1. The molecule has 0 N–H and O–H groups in total. The lowest BCUT2D eigenvalue weighted by Gasteiger charge is -2.40. The maximum absolute atomic E-state index is 13.5. The smallest absolute Gasteiger partial charge is 0.254 e. The van der Waals surface area contributed by atoms with E-state index in [-0.39, 0.29) is 24.9 Å². The van der Waals surface area contributed by atoms with Gasteiger partial charge in [0.1, 0.15) is 18.3 Å². The summed E-state index contributed by atoms with van der Waals surface area (Å²) in [5.41, 5.74) is 2.29. The van der Waals surface area contributed by atoms with Gasteiger partial charge < -0.3 is 14.5 Å². The fourth-order valence-corrected chi connectivity index (χ4v) is 3.62. The van der Waals surface area contributed by atoms with Gasteiger partial charge in [-0.2, -0.15) is 0 Å². The van der Waals surface area contributed by atoms with Crippen LogP contribution in [0.15, 0.2) is 79.1 Å². The zero-order valence-electron chi connectivity index (χ0n) is 16.1. The Morgan fingerprint density at radius 3 is 2.38 bits per heavy atom. The molecule has 0 saturated carbocycles. The largest absolute Gasteiger partial charge is 0.496 e. The number of carbonyl (C=O) groups is 2. The highest BCUT2D eigenvalue weighted by Crippen LogP contribution is 2.33. The molecular weight excluding hydrogens is 366 g/mol. The second-order valence-corrected chi connectivity index (χ2v) is 6.78. The van der Waals surface area contributed by atoms with Crippen LogP contribution < -0.4 is 9.64 Å². The lowest BCUT2D eigenvalue weighted by Crippen LogP contribution is -2.55. The topological polar surface area (TPSA) is 62.7 Å². The van der Waals surface area contributed by atoms with Gasteiger partial charge in [0.15, 0.2) is 0 Å². The van der Waals surface area contributed by atoms with E-state index >= 15 is 0 Å². The van der Waals surface area contributed by atoms with Crippen molar-refractivity contribution in [1.29, 1.82) is 0 Å². The molecule has 2 aromatic carbocycles. The van der Waals surface area contributed by atoms with E-state index < -0.39 is 6.04 Å². The Hall–Kier alpha value is -3.67. The van der Waals surface area contributed by atoms with E-state index in [1.54, 1.807) is 41.4 Å². The van der Waals surface area contributed by atoms with Gasteiger partial charge in [0.25, 0.3) is 5.91 Å². The van der Waals surface area contributed by atoms with Crippen LogP contribution in [0.2, 0.25) is 0 Å². The minimum atomic E-state index is -0.732. The van der Waals surface area contributed by atoms with Crippen LogP contribution in [0.4, 0.5) is 5.69 Å². The number of benzene rings is 2. The Balaban J connectivity index is 1.74. The van der Waals surface area contributed by atoms with E-state index in [9.17, 15) is 9.59 Å². The summed E-state index contributed by atoms with van der Waals surface area (Å²) in [7, 11) is 1.60. The molecule has 4 rings (SSSR count). The van der Waals surface area contributed by atoms with Gasteiger partial charge in [-0.25, -0.2) is 0 Å². The molecule has 0 bridgehead atoms. The van der Waals surface area contributed by atoms with Gasteiger partial charge in [-0.15, -0.1) is 0 Å². The van der Waals surface area contributed by atoms with Crippen molar-refractivity contribution >= 4 is 17.5 Å². The number of piperazine rings is 1. The number of rotatable bonds is 5. The predicted octanol–water partition coefficient (Wildman–Crippen LogP) is 3.21.